The molecule has 0 N–H and O–H groups in total. The Bertz CT molecular complexity index is 1070. The minimum atomic E-state index is -0.408. The summed E-state index contributed by atoms with van der Waals surface area (Å²) < 4.78 is 33.7. The van der Waals surface area contributed by atoms with Gasteiger partial charge in [-0.3, -0.25) is 9.58 Å². The van der Waals surface area contributed by atoms with Gasteiger partial charge in [0.2, 0.25) is 0 Å². The van der Waals surface area contributed by atoms with E-state index >= 15 is 0 Å². The highest BCUT2D eigenvalue weighted by Crippen LogP contribution is 2.29. The number of hydrogen-bond acceptors (Lipinski definition) is 5. The second kappa shape index (κ2) is 12.2. The van der Waals surface area contributed by atoms with Gasteiger partial charge in [-0.15, -0.1) is 0 Å². The lowest BCUT2D eigenvalue weighted by molar-refractivity contribution is -0.0548. The van der Waals surface area contributed by atoms with E-state index in [-0.39, 0.29) is 11.6 Å². The highest BCUT2D eigenvalue weighted by atomic mass is 19.1. The topological polar surface area (TPSA) is 48.8 Å². The van der Waals surface area contributed by atoms with Crippen LogP contribution in [0, 0.1) is 12.7 Å². The zero-order chi connectivity index (χ0) is 24.5. The number of aromatic nitrogens is 2. The van der Waals surface area contributed by atoms with Crippen molar-refractivity contribution >= 4 is 0 Å². The zero-order valence-electron chi connectivity index (χ0n) is 20.8. The molecular formula is C28H36FN3O3. The summed E-state index contributed by atoms with van der Waals surface area (Å²) in [5, 5.41) is 4.32. The molecule has 7 heteroatoms. The van der Waals surface area contributed by atoms with Crippen LogP contribution in [-0.2, 0) is 17.8 Å². The van der Waals surface area contributed by atoms with Crippen molar-refractivity contribution in [2.75, 3.05) is 33.4 Å². The van der Waals surface area contributed by atoms with Crippen molar-refractivity contribution in [1.82, 2.24) is 14.7 Å². The molecule has 188 valence electrons. The maximum absolute atomic E-state index is 14.0. The minimum absolute atomic E-state index is 0.279. The molecule has 1 atom stereocenters. The SMILES string of the molecule is COC1(COc2ccccc2F)CCCN(Cc2cccc(OCCCn3cc(C)cn3)c2)CC1. The summed E-state index contributed by atoms with van der Waals surface area (Å²) in [4.78, 5) is 2.45. The molecule has 1 saturated heterocycles. The third-order valence-electron chi connectivity index (χ3n) is 6.62. The van der Waals surface area contributed by atoms with Gasteiger partial charge in [-0.05, 0) is 68.1 Å². The number of benzene rings is 2. The van der Waals surface area contributed by atoms with Crippen molar-refractivity contribution < 1.29 is 18.6 Å². The molecular weight excluding hydrogens is 445 g/mol. The summed E-state index contributed by atoms with van der Waals surface area (Å²) in [6.45, 7) is 6.64. The van der Waals surface area contributed by atoms with Crippen LogP contribution in [0.5, 0.6) is 11.5 Å². The first kappa shape index (κ1) is 25.2. The maximum Gasteiger partial charge on any atom is 0.165 e. The number of ether oxygens (including phenoxy) is 3. The summed E-state index contributed by atoms with van der Waals surface area (Å²) in [6.07, 6.45) is 7.55. The smallest absolute Gasteiger partial charge is 0.165 e. The lowest BCUT2D eigenvalue weighted by Gasteiger charge is -2.31. The molecule has 6 nitrogen and oxygen atoms in total. The lowest BCUT2D eigenvalue weighted by Crippen LogP contribution is -2.39. The van der Waals surface area contributed by atoms with E-state index in [2.05, 4.69) is 28.2 Å². The molecule has 1 aliphatic heterocycles. The summed E-state index contributed by atoms with van der Waals surface area (Å²) in [5.41, 5.74) is 2.00. The van der Waals surface area contributed by atoms with Gasteiger partial charge in [-0.2, -0.15) is 5.10 Å². The average molecular weight is 482 g/mol. The molecule has 0 bridgehead atoms. The van der Waals surface area contributed by atoms with Crippen molar-refractivity contribution in [3.8, 4) is 11.5 Å². The Morgan fingerprint density at radius 3 is 2.74 bits per heavy atom. The summed E-state index contributed by atoms with van der Waals surface area (Å²) in [6, 6.07) is 14.9. The molecule has 2 heterocycles. The molecule has 0 amide bonds. The van der Waals surface area contributed by atoms with Crippen LogP contribution in [-0.4, -0.2) is 53.7 Å². The van der Waals surface area contributed by atoms with Gasteiger partial charge < -0.3 is 14.2 Å². The van der Waals surface area contributed by atoms with Crippen molar-refractivity contribution in [2.45, 2.75) is 51.3 Å². The summed E-state index contributed by atoms with van der Waals surface area (Å²) >= 11 is 0. The Kier molecular flexibility index (Phi) is 8.77. The molecule has 0 aliphatic carbocycles. The van der Waals surface area contributed by atoms with Gasteiger partial charge in [0, 0.05) is 39.4 Å². The number of likely N-dealkylation sites (tertiary alicyclic amines) is 1. The van der Waals surface area contributed by atoms with Gasteiger partial charge in [0.05, 0.1) is 12.8 Å². The van der Waals surface area contributed by atoms with E-state index in [4.69, 9.17) is 14.2 Å². The van der Waals surface area contributed by atoms with Crippen LogP contribution < -0.4 is 9.47 Å². The third-order valence-corrected chi connectivity index (χ3v) is 6.62. The van der Waals surface area contributed by atoms with Crippen LogP contribution in [0.25, 0.3) is 0 Å². The second-order valence-corrected chi connectivity index (χ2v) is 9.37. The van der Waals surface area contributed by atoms with E-state index in [0.29, 0.717) is 13.2 Å². The monoisotopic (exact) mass is 481 g/mol. The normalized spacial score (nSPS) is 18.8. The van der Waals surface area contributed by atoms with Gasteiger partial charge in [0.1, 0.15) is 18.0 Å². The predicted molar refractivity (Wildman–Crippen MR) is 134 cm³/mol. The second-order valence-electron chi connectivity index (χ2n) is 9.37. The van der Waals surface area contributed by atoms with Gasteiger partial charge >= 0.3 is 0 Å². The van der Waals surface area contributed by atoms with Gasteiger partial charge in [0.25, 0.3) is 0 Å². The summed E-state index contributed by atoms with van der Waals surface area (Å²) in [7, 11) is 1.73. The first-order valence-electron chi connectivity index (χ1n) is 12.4. The van der Waals surface area contributed by atoms with E-state index in [0.717, 1.165) is 57.6 Å². The molecule has 1 aromatic heterocycles. The fraction of sp³-hybridized carbons (Fsp3) is 0.464. The van der Waals surface area contributed by atoms with Gasteiger partial charge in [0.15, 0.2) is 11.6 Å². The van der Waals surface area contributed by atoms with Crippen LogP contribution >= 0.6 is 0 Å². The average Bonchev–Trinajstić information content (AvgIpc) is 3.18. The van der Waals surface area contributed by atoms with Crippen molar-refractivity contribution in [3.05, 3.63) is 77.9 Å². The predicted octanol–water partition coefficient (Wildman–Crippen LogP) is 5.25. The number of para-hydroxylation sites is 1. The molecule has 1 fully saturated rings. The van der Waals surface area contributed by atoms with Crippen LogP contribution in [0.15, 0.2) is 60.9 Å². The number of nitrogens with zero attached hydrogens (tertiary/aromatic N) is 3. The lowest BCUT2D eigenvalue weighted by atomic mass is 9.95. The molecule has 1 unspecified atom stereocenters. The standard InChI is InChI=1S/C28H36FN3O3/c1-23-19-30-32(20-23)15-7-17-34-25-9-5-8-24(18-25)21-31-14-6-12-28(33-2,13-16-31)22-35-27-11-4-3-10-26(27)29/h3-5,8-11,18-20H,6-7,12-17,21-22H2,1-2H3. The first-order valence-corrected chi connectivity index (χ1v) is 12.4. The van der Waals surface area contributed by atoms with Crippen LogP contribution in [0.3, 0.4) is 0 Å². The maximum atomic E-state index is 14.0. The van der Waals surface area contributed by atoms with E-state index in [1.807, 2.05) is 30.1 Å². The Morgan fingerprint density at radius 2 is 1.94 bits per heavy atom. The molecule has 0 spiro atoms. The Morgan fingerprint density at radius 1 is 1.06 bits per heavy atom. The fourth-order valence-corrected chi connectivity index (χ4v) is 4.56. The highest BCUT2D eigenvalue weighted by molar-refractivity contribution is 5.28. The highest BCUT2D eigenvalue weighted by Gasteiger charge is 2.34. The van der Waals surface area contributed by atoms with Crippen molar-refractivity contribution in [1.29, 1.82) is 0 Å². The van der Waals surface area contributed by atoms with Crippen LogP contribution in [0.1, 0.15) is 36.8 Å². The Labute approximate surface area is 207 Å². The number of methoxy groups -OCH3 is 1. The van der Waals surface area contributed by atoms with Crippen LogP contribution in [0.2, 0.25) is 0 Å². The zero-order valence-corrected chi connectivity index (χ0v) is 20.8. The number of hydrogen-bond donors (Lipinski definition) is 0. The van der Waals surface area contributed by atoms with Crippen LogP contribution in [0.4, 0.5) is 4.39 Å². The molecule has 1 aliphatic rings. The largest absolute Gasteiger partial charge is 0.494 e. The van der Waals surface area contributed by atoms with E-state index in [1.165, 1.54) is 17.2 Å². The Balaban J connectivity index is 1.26. The van der Waals surface area contributed by atoms with Crippen molar-refractivity contribution in [2.24, 2.45) is 0 Å². The quantitative estimate of drug-likeness (QED) is 0.350. The molecule has 3 aromatic rings. The number of rotatable bonds is 11. The molecule has 0 saturated carbocycles. The van der Waals surface area contributed by atoms with Gasteiger partial charge in [-0.1, -0.05) is 24.3 Å². The molecule has 4 rings (SSSR count). The number of halogens is 1. The third kappa shape index (κ3) is 7.29. The van der Waals surface area contributed by atoms with E-state index in [9.17, 15) is 4.39 Å². The summed E-state index contributed by atoms with van der Waals surface area (Å²) in [5.74, 6) is 0.840. The van der Waals surface area contributed by atoms with E-state index in [1.54, 1.807) is 25.3 Å². The Hall–Kier alpha value is -2.90. The molecule has 35 heavy (non-hydrogen) atoms. The first-order chi connectivity index (χ1) is 17.0. The molecule has 2 aromatic carbocycles. The van der Waals surface area contributed by atoms with Crippen molar-refractivity contribution in [3.63, 3.8) is 0 Å². The minimum Gasteiger partial charge on any atom is -0.494 e. The number of aryl methyl sites for hydroxylation is 2. The fourth-order valence-electron chi connectivity index (χ4n) is 4.56. The molecule has 0 radical (unpaired) electrons. The van der Waals surface area contributed by atoms with E-state index < -0.39 is 5.60 Å². The van der Waals surface area contributed by atoms with Gasteiger partial charge in [-0.25, -0.2) is 4.39 Å².